The van der Waals surface area contributed by atoms with E-state index in [0.717, 1.165) is 37.1 Å². The number of benzene rings is 3. The van der Waals surface area contributed by atoms with Crippen LogP contribution in [0.3, 0.4) is 0 Å². The summed E-state index contributed by atoms with van der Waals surface area (Å²) in [6.45, 7) is 2.49. The maximum absolute atomic E-state index is 12.9. The van der Waals surface area contributed by atoms with E-state index in [1.165, 1.54) is 12.1 Å². The van der Waals surface area contributed by atoms with Gasteiger partial charge in [-0.25, -0.2) is 0 Å². The highest BCUT2D eigenvalue weighted by atomic mass is 35.5. The van der Waals surface area contributed by atoms with E-state index in [2.05, 4.69) is 32.9 Å². The summed E-state index contributed by atoms with van der Waals surface area (Å²) in [6, 6.07) is 17.4. The molecular formula is C29H29ClF3N5O2. The average Bonchev–Trinajstić information content (AvgIpc) is 3.47. The van der Waals surface area contributed by atoms with E-state index in [1.54, 1.807) is 30.3 Å². The van der Waals surface area contributed by atoms with Crippen LogP contribution in [0.15, 0.2) is 66.7 Å². The molecular weight excluding hydrogens is 543 g/mol. The first-order valence-electron chi connectivity index (χ1n) is 12.9. The highest BCUT2D eigenvalue weighted by Gasteiger charge is 2.30. The van der Waals surface area contributed by atoms with Crippen LogP contribution in [0.5, 0.6) is 5.75 Å². The summed E-state index contributed by atoms with van der Waals surface area (Å²) in [6.07, 6.45) is -0.778. The van der Waals surface area contributed by atoms with Crippen LogP contribution in [0, 0.1) is 0 Å². The third-order valence-corrected chi connectivity index (χ3v) is 6.68. The first kappa shape index (κ1) is 29.1. The van der Waals surface area contributed by atoms with Crippen molar-refractivity contribution >= 4 is 23.1 Å². The topological polar surface area (TPSA) is 92.8 Å². The number of hydrogen-bond donors (Lipinski definition) is 2. The number of carbonyl (C=O) groups is 1. The molecule has 210 valence electrons. The molecule has 11 heteroatoms. The van der Waals surface area contributed by atoms with Crippen LogP contribution >= 0.6 is 11.6 Å². The van der Waals surface area contributed by atoms with Gasteiger partial charge in [0.05, 0.1) is 16.6 Å². The van der Waals surface area contributed by atoms with Gasteiger partial charge in [-0.2, -0.15) is 18.4 Å². The van der Waals surface area contributed by atoms with E-state index < -0.39 is 11.7 Å². The fourth-order valence-electron chi connectivity index (χ4n) is 4.15. The molecule has 0 unspecified atom stereocenters. The second-order valence-corrected chi connectivity index (χ2v) is 9.75. The molecule has 1 heterocycles. The molecule has 3 aromatic carbocycles. The van der Waals surface area contributed by atoms with Crippen molar-refractivity contribution in [1.82, 2.24) is 20.6 Å². The summed E-state index contributed by atoms with van der Waals surface area (Å²) >= 11 is 6.46. The van der Waals surface area contributed by atoms with Gasteiger partial charge in [-0.1, -0.05) is 48.7 Å². The van der Waals surface area contributed by atoms with Gasteiger partial charge in [-0.15, -0.1) is 10.2 Å². The Balaban J connectivity index is 1.35. The molecule has 0 aliphatic heterocycles. The highest BCUT2D eigenvalue weighted by Crippen LogP contribution is 2.34. The number of aromatic nitrogens is 4. The SMILES string of the molecule is CCCC[C@@H](COc1ccc(-c2ccc(C(F)(F)F)cc2)c(Cl)c1)Nc1ccc(C(=O)CCc2nn[nH]n2)cc1. The van der Waals surface area contributed by atoms with Crippen molar-refractivity contribution in [1.29, 1.82) is 0 Å². The number of halogens is 4. The monoisotopic (exact) mass is 571 g/mol. The summed E-state index contributed by atoms with van der Waals surface area (Å²) in [4.78, 5) is 12.5. The predicted molar refractivity (Wildman–Crippen MR) is 148 cm³/mol. The fourth-order valence-corrected chi connectivity index (χ4v) is 4.43. The number of nitrogens with zero attached hydrogens (tertiary/aromatic N) is 3. The third kappa shape index (κ3) is 8.05. The number of H-pyrrole nitrogens is 1. The molecule has 0 bridgehead atoms. The van der Waals surface area contributed by atoms with Gasteiger partial charge in [0.2, 0.25) is 0 Å². The van der Waals surface area contributed by atoms with E-state index in [-0.39, 0.29) is 11.8 Å². The Morgan fingerprint density at radius 2 is 1.82 bits per heavy atom. The van der Waals surface area contributed by atoms with Crippen molar-refractivity contribution in [2.45, 2.75) is 51.2 Å². The zero-order chi connectivity index (χ0) is 28.5. The van der Waals surface area contributed by atoms with Crippen LogP contribution in [-0.4, -0.2) is 39.1 Å². The molecule has 0 saturated heterocycles. The lowest BCUT2D eigenvalue weighted by Gasteiger charge is -2.21. The summed E-state index contributed by atoms with van der Waals surface area (Å²) in [7, 11) is 0. The number of unbranched alkanes of at least 4 members (excludes halogenated alkanes) is 1. The Hall–Kier alpha value is -3.92. The van der Waals surface area contributed by atoms with Crippen LogP contribution in [0.1, 0.15) is 54.4 Å². The van der Waals surface area contributed by atoms with E-state index >= 15 is 0 Å². The molecule has 1 atom stereocenters. The number of aryl methyl sites for hydroxylation is 1. The summed E-state index contributed by atoms with van der Waals surface area (Å²) < 4.78 is 44.7. The van der Waals surface area contributed by atoms with Crippen LogP contribution in [0.25, 0.3) is 11.1 Å². The molecule has 0 aliphatic rings. The van der Waals surface area contributed by atoms with Gasteiger partial charge in [-0.3, -0.25) is 4.79 Å². The number of aromatic amines is 1. The molecule has 0 fully saturated rings. The van der Waals surface area contributed by atoms with Crippen molar-refractivity contribution < 1.29 is 22.7 Å². The number of carbonyl (C=O) groups excluding carboxylic acids is 1. The number of ether oxygens (including phenoxy) is 1. The minimum absolute atomic E-state index is 0.00108. The van der Waals surface area contributed by atoms with Gasteiger partial charge in [0.25, 0.3) is 0 Å². The molecule has 0 spiro atoms. The molecule has 0 amide bonds. The smallest absolute Gasteiger partial charge is 0.416 e. The molecule has 0 saturated carbocycles. The predicted octanol–water partition coefficient (Wildman–Crippen LogP) is 7.40. The lowest BCUT2D eigenvalue weighted by Crippen LogP contribution is -2.27. The Kier molecular flexibility index (Phi) is 9.76. The quantitative estimate of drug-likeness (QED) is 0.162. The number of ketones is 1. The Labute approximate surface area is 235 Å². The van der Waals surface area contributed by atoms with Crippen LogP contribution in [0.4, 0.5) is 18.9 Å². The fraction of sp³-hybridized carbons (Fsp3) is 0.310. The van der Waals surface area contributed by atoms with Gasteiger partial charge in [-0.05, 0) is 66.6 Å². The number of tetrazole rings is 1. The molecule has 4 aromatic rings. The normalized spacial score (nSPS) is 12.2. The number of alkyl halides is 3. The third-order valence-electron chi connectivity index (χ3n) is 6.36. The maximum atomic E-state index is 12.9. The maximum Gasteiger partial charge on any atom is 0.416 e. The standard InChI is InChI=1S/C29H29ClF3N5O2/c1-2-3-4-23(34-22-11-7-20(8-12-22)27(39)15-16-28-35-37-38-36-28)18-40-24-13-14-25(26(30)17-24)19-5-9-21(10-6-19)29(31,32)33/h5-14,17,23,34H,2-4,15-16,18H2,1H3,(H,35,36,37,38)/t23-/m0/s1. The van der Waals surface area contributed by atoms with E-state index in [4.69, 9.17) is 16.3 Å². The van der Waals surface area contributed by atoms with Gasteiger partial charge < -0.3 is 10.1 Å². The largest absolute Gasteiger partial charge is 0.491 e. The summed E-state index contributed by atoms with van der Waals surface area (Å²) in [5.74, 6) is 1.06. The Morgan fingerprint density at radius 1 is 1.07 bits per heavy atom. The van der Waals surface area contributed by atoms with Crippen LogP contribution < -0.4 is 10.1 Å². The first-order chi connectivity index (χ1) is 19.2. The van der Waals surface area contributed by atoms with Gasteiger partial charge in [0, 0.05) is 29.7 Å². The van der Waals surface area contributed by atoms with E-state index in [9.17, 15) is 18.0 Å². The summed E-state index contributed by atoms with van der Waals surface area (Å²) in [5, 5.41) is 17.5. The number of hydrogen-bond acceptors (Lipinski definition) is 6. The second-order valence-electron chi connectivity index (χ2n) is 9.34. The molecule has 40 heavy (non-hydrogen) atoms. The second kappa shape index (κ2) is 13.4. The molecule has 0 aliphatic carbocycles. The van der Waals surface area contributed by atoms with Gasteiger partial charge in [0.15, 0.2) is 11.6 Å². The van der Waals surface area contributed by atoms with E-state index in [0.29, 0.717) is 52.7 Å². The minimum Gasteiger partial charge on any atom is -0.491 e. The highest BCUT2D eigenvalue weighted by molar-refractivity contribution is 6.33. The van der Waals surface area contributed by atoms with Crippen molar-refractivity contribution in [2.24, 2.45) is 0 Å². The number of rotatable bonds is 13. The average molecular weight is 572 g/mol. The molecule has 2 N–H and O–H groups in total. The molecule has 4 rings (SSSR count). The Bertz CT molecular complexity index is 1380. The van der Waals surface area contributed by atoms with Crippen molar-refractivity contribution in [2.75, 3.05) is 11.9 Å². The zero-order valence-corrected chi connectivity index (χ0v) is 22.6. The van der Waals surface area contributed by atoms with Crippen molar-refractivity contribution in [3.8, 4) is 16.9 Å². The molecule has 1 aromatic heterocycles. The first-order valence-corrected chi connectivity index (χ1v) is 13.3. The molecule has 0 radical (unpaired) electrons. The number of anilines is 1. The number of Topliss-reactive ketones (excluding diaryl/α,β-unsaturated/α-hetero) is 1. The van der Waals surface area contributed by atoms with Gasteiger partial charge >= 0.3 is 6.18 Å². The van der Waals surface area contributed by atoms with Crippen LogP contribution in [-0.2, 0) is 12.6 Å². The summed E-state index contributed by atoms with van der Waals surface area (Å²) in [5.41, 5.74) is 1.98. The minimum atomic E-state index is -4.39. The zero-order valence-electron chi connectivity index (χ0n) is 21.8. The van der Waals surface area contributed by atoms with Crippen molar-refractivity contribution in [3.63, 3.8) is 0 Å². The lowest BCUT2D eigenvalue weighted by atomic mass is 10.0. The van der Waals surface area contributed by atoms with E-state index in [1.807, 2.05) is 12.1 Å². The van der Waals surface area contributed by atoms with Crippen LogP contribution in [0.2, 0.25) is 5.02 Å². The van der Waals surface area contributed by atoms with Gasteiger partial charge in [0.1, 0.15) is 12.4 Å². The van der Waals surface area contributed by atoms with Crippen molar-refractivity contribution in [3.05, 3.63) is 88.7 Å². The number of nitrogens with one attached hydrogen (secondary N) is 2. The molecule has 7 nitrogen and oxygen atoms in total. The Morgan fingerprint density at radius 3 is 2.45 bits per heavy atom. The lowest BCUT2D eigenvalue weighted by molar-refractivity contribution is -0.137.